The molecule has 13 heavy (non-hydrogen) atoms. The maximum Gasteiger partial charge on any atom is 0.127 e. The van der Waals surface area contributed by atoms with Gasteiger partial charge < -0.3 is 4.52 Å². The van der Waals surface area contributed by atoms with Gasteiger partial charge in [-0.05, 0) is 12.3 Å². The minimum absolute atomic E-state index is 0.482. The highest BCUT2D eigenvalue weighted by atomic mass is 16.5. The fourth-order valence-corrected chi connectivity index (χ4v) is 1.20. The number of nitrogens with zero attached hydrogens (tertiary/aromatic N) is 1. The molecule has 1 aromatic heterocycles. The van der Waals surface area contributed by atoms with E-state index in [2.05, 4.69) is 25.9 Å². The smallest absolute Gasteiger partial charge is 0.127 e. The lowest BCUT2D eigenvalue weighted by molar-refractivity contribution is 0.408. The van der Waals surface area contributed by atoms with Gasteiger partial charge in [0.1, 0.15) is 6.26 Å². The predicted molar refractivity (Wildman–Crippen MR) is 55.9 cm³/mol. The third-order valence-corrected chi connectivity index (χ3v) is 1.74. The highest BCUT2D eigenvalue weighted by Crippen LogP contribution is 2.18. The minimum Gasteiger partial charge on any atom is -0.364 e. The van der Waals surface area contributed by atoms with Crippen LogP contribution in [-0.2, 0) is 6.42 Å². The molecule has 0 atom stereocenters. The zero-order valence-corrected chi connectivity index (χ0v) is 9.42. The van der Waals surface area contributed by atoms with E-state index in [0.29, 0.717) is 5.92 Å². The molecule has 0 spiro atoms. The monoisotopic (exact) mass is 183 g/mol. The van der Waals surface area contributed by atoms with Crippen LogP contribution < -0.4 is 0 Å². The van der Waals surface area contributed by atoms with Crippen LogP contribution in [0.25, 0.3) is 0 Å². The number of aromatic nitrogens is 1. The lowest BCUT2D eigenvalue weighted by atomic mass is 10.0. The van der Waals surface area contributed by atoms with Crippen LogP contribution >= 0.6 is 0 Å². The van der Waals surface area contributed by atoms with Crippen LogP contribution in [0.1, 0.15) is 58.2 Å². The minimum atomic E-state index is 0.482. The van der Waals surface area contributed by atoms with Gasteiger partial charge >= 0.3 is 0 Å². The number of hydrogen-bond acceptors (Lipinski definition) is 2. The molecule has 0 N–H and O–H groups in total. The van der Waals surface area contributed by atoms with Gasteiger partial charge in [-0.2, -0.15) is 0 Å². The molecule has 0 aliphatic carbocycles. The average molecular weight is 183 g/mol. The van der Waals surface area contributed by atoms with E-state index < -0.39 is 0 Å². The zero-order valence-electron chi connectivity index (χ0n) is 9.42. The summed E-state index contributed by atoms with van der Waals surface area (Å²) >= 11 is 0. The van der Waals surface area contributed by atoms with Crippen molar-refractivity contribution in [1.82, 2.24) is 5.16 Å². The Morgan fingerprint density at radius 1 is 1.38 bits per heavy atom. The molecular weight excluding hydrogens is 162 g/mol. The maximum atomic E-state index is 4.91. The molecule has 0 aromatic carbocycles. The second-order valence-corrected chi connectivity index (χ2v) is 3.13. The van der Waals surface area contributed by atoms with Crippen LogP contribution in [0.2, 0.25) is 0 Å². The summed E-state index contributed by atoms with van der Waals surface area (Å²) in [6, 6.07) is 0. The van der Waals surface area contributed by atoms with E-state index in [4.69, 9.17) is 4.52 Å². The van der Waals surface area contributed by atoms with E-state index in [0.717, 1.165) is 18.5 Å². The van der Waals surface area contributed by atoms with E-state index >= 15 is 0 Å². The van der Waals surface area contributed by atoms with Gasteiger partial charge in [0.2, 0.25) is 0 Å². The second-order valence-electron chi connectivity index (χ2n) is 3.13. The molecule has 0 saturated heterocycles. The van der Waals surface area contributed by atoms with Crippen molar-refractivity contribution in [3.8, 4) is 0 Å². The van der Waals surface area contributed by atoms with Crippen LogP contribution in [0.4, 0.5) is 0 Å². The van der Waals surface area contributed by atoms with Gasteiger partial charge in [-0.25, -0.2) is 0 Å². The van der Waals surface area contributed by atoms with Crippen molar-refractivity contribution in [3.05, 3.63) is 17.5 Å². The predicted octanol–water partition coefficient (Wildman–Crippen LogP) is 3.78. The normalized spacial score (nSPS) is 9.69. The molecule has 0 aliphatic heterocycles. The van der Waals surface area contributed by atoms with E-state index in [1.54, 1.807) is 6.26 Å². The third kappa shape index (κ3) is 3.62. The van der Waals surface area contributed by atoms with Crippen molar-refractivity contribution in [1.29, 1.82) is 0 Å². The topological polar surface area (TPSA) is 26.0 Å². The number of hydrogen-bond donors (Lipinski definition) is 0. The Hall–Kier alpha value is -0.790. The maximum absolute atomic E-state index is 4.91. The summed E-state index contributed by atoms with van der Waals surface area (Å²) in [6.07, 6.45) is 4.00. The molecule has 0 radical (unpaired) electrons. The Kier molecular flexibility index (Phi) is 6.29. The van der Waals surface area contributed by atoms with Crippen LogP contribution in [0, 0.1) is 0 Å². The fourth-order valence-electron chi connectivity index (χ4n) is 1.20. The van der Waals surface area contributed by atoms with E-state index in [1.165, 1.54) is 5.56 Å². The van der Waals surface area contributed by atoms with E-state index in [1.807, 2.05) is 13.8 Å². The van der Waals surface area contributed by atoms with Gasteiger partial charge in [-0.1, -0.05) is 46.2 Å². The molecule has 0 unspecified atom stereocenters. The van der Waals surface area contributed by atoms with Crippen molar-refractivity contribution >= 4 is 0 Å². The van der Waals surface area contributed by atoms with Gasteiger partial charge in [0.05, 0.1) is 5.69 Å². The number of rotatable bonds is 3. The van der Waals surface area contributed by atoms with Gasteiger partial charge in [-0.3, -0.25) is 0 Å². The molecule has 0 aliphatic rings. The molecule has 76 valence electrons. The summed E-state index contributed by atoms with van der Waals surface area (Å²) < 4.78 is 4.91. The second kappa shape index (κ2) is 6.70. The molecule has 0 saturated carbocycles. The first-order valence-corrected chi connectivity index (χ1v) is 5.18. The Morgan fingerprint density at radius 2 is 2.00 bits per heavy atom. The van der Waals surface area contributed by atoms with Crippen LogP contribution in [0.3, 0.4) is 0 Å². The van der Waals surface area contributed by atoms with Crippen LogP contribution in [0.5, 0.6) is 0 Å². The summed E-state index contributed by atoms with van der Waals surface area (Å²) in [5, 5.41) is 3.96. The Balaban J connectivity index is 0.000000671. The summed E-state index contributed by atoms with van der Waals surface area (Å²) in [6.45, 7) is 10.4. The molecule has 2 heteroatoms. The molecule has 0 amide bonds. The standard InChI is InChI=1S/C9H15NO.C2H6/c1-4-5-8-6-11-10-9(8)7(2)3;1-2/h6-7H,4-5H2,1-3H3;1-2H3. The Labute approximate surface area is 81.3 Å². The Morgan fingerprint density at radius 3 is 2.46 bits per heavy atom. The Bertz CT molecular complexity index is 216. The van der Waals surface area contributed by atoms with Gasteiger partial charge in [-0.15, -0.1) is 0 Å². The van der Waals surface area contributed by atoms with Crippen molar-refractivity contribution in [3.63, 3.8) is 0 Å². The van der Waals surface area contributed by atoms with Crippen molar-refractivity contribution in [2.75, 3.05) is 0 Å². The lowest BCUT2D eigenvalue weighted by Crippen LogP contribution is -1.93. The van der Waals surface area contributed by atoms with E-state index in [9.17, 15) is 0 Å². The molecule has 0 fully saturated rings. The molecule has 2 nitrogen and oxygen atoms in total. The zero-order chi connectivity index (χ0) is 10.3. The quantitative estimate of drug-likeness (QED) is 0.712. The SMILES string of the molecule is CC.CCCc1conc1C(C)C. The molecule has 1 rings (SSSR count). The third-order valence-electron chi connectivity index (χ3n) is 1.74. The summed E-state index contributed by atoms with van der Waals surface area (Å²) in [7, 11) is 0. The van der Waals surface area contributed by atoms with Gasteiger partial charge in [0.15, 0.2) is 0 Å². The first-order chi connectivity index (χ1) is 6.25. The fraction of sp³-hybridized carbons (Fsp3) is 0.727. The van der Waals surface area contributed by atoms with Crippen LogP contribution in [-0.4, -0.2) is 5.16 Å². The van der Waals surface area contributed by atoms with Crippen molar-refractivity contribution in [2.45, 2.75) is 53.4 Å². The van der Waals surface area contributed by atoms with Gasteiger partial charge in [0.25, 0.3) is 0 Å². The molecule has 0 bridgehead atoms. The van der Waals surface area contributed by atoms with Gasteiger partial charge in [0, 0.05) is 5.56 Å². The summed E-state index contributed by atoms with van der Waals surface area (Å²) in [4.78, 5) is 0. The first kappa shape index (κ1) is 12.2. The van der Waals surface area contributed by atoms with Crippen molar-refractivity contribution < 1.29 is 4.52 Å². The van der Waals surface area contributed by atoms with E-state index in [-0.39, 0.29) is 0 Å². The highest BCUT2D eigenvalue weighted by Gasteiger charge is 2.09. The van der Waals surface area contributed by atoms with Crippen molar-refractivity contribution in [2.24, 2.45) is 0 Å². The summed E-state index contributed by atoms with van der Waals surface area (Å²) in [5.74, 6) is 0.482. The largest absolute Gasteiger partial charge is 0.364 e. The first-order valence-electron chi connectivity index (χ1n) is 5.18. The highest BCUT2D eigenvalue weighted by molar-refractivity contribution is 5.17. The lowest BCUT2D eigenvalue weighted by Gasteiger charge is -2.00. The van der Waals surface area contributed by atoms with Crippen LogP contribution in [0.15, 0.2) is 10.8 Å². The average Bonchev–Trinajstić information content (AvgIpc) is 2.57. The molecule has 1 heterocycles. The molecule has 1 aromatic rings. The molecular formula is C11H21NO. The number of aryl methyl sites for hydroxylation is 1. The summed E-state index contributed by atoms with van der Waals surface area (Å²) in [5.41, 5.74) is 2.38.